The molecule has 1 saturated heterocycles. The van der Waals surface area contributed by atoms with Crippen molar-refractivity contribution in [3.63, 3.8) is 0 Å². The number of hydroxylamine groups is 1. The van der Waals surface area contributed by atoms with E-state index in [9.17, 15) is 9.59 Å². The largest absolute Gasteiger partial charge is 0.356 e. The Morgan fingerprint density at radius 2 is 2.28 bits per heavy atom. The van der Waals surface area contributed by atoms with Gasteiger partial charge < -0.3 is 5.32 Å². The van der Waals surface area contributed by atoms with Crippen LogP contribution in [-0.2, 0) is 18.3 Å². The summed E-state index contributed by atoms with van der Waals surface area (Å²) in [5, 5.41) is 16.1. The standard InChI is InChI=1S/C18H20N4O3/c1-22-10-13(9-20-22)15-14-3-2-12(16(23)21-25)8-11(14)4-5-18(15)6-7-19-17(18)24/h2-3,8-10,15,25H,4-7H2,1H3,(H,19,24)(H,21,23)/t15-,18?/m0/s1. The molecule has 1 unspecified atom stereocenters. The molecular weight excluding hydrogens is 320 g/mol. The fourth-order valence-corrected chi connectivity index (χ4v) is 4.40. The van der Waals surface area contributed by atoms with Crippen molar-refractivity contribution in [2.75, 3.05) is 6.54 Å². The van der Waals surface area contributed by atoms with Crippen LogP contribution < -0.4 is 10.8 Å². The van der Waals surface area contributed by atoms with E-state index in [4.69, 9.17) is 5.21 Å². The Balaban J connectivity index is 1.86. The molecule has 7 nitrogen and oxygen atoms in total. The fourth-order valence-electron chi connectivity index (χ4n) is 4.40. The summed E-state index contributed by atoms with van der Waals surface area (Å²) in [6, 6.07) is 5.41. The number of aryl methyl sites for hydroxylation is 2. The lowest BCUT2D eigenvalue weighted by Crippen LogP contribution is -2.41. The molecule has 0 radical (unpaired) electrons. The normalized spacial score (nSPS) is 24.9. The predicted molar refractivity (Wildman–Crippen MR) is 89.1 cm³/mol. The van der Waals surface area contributed by atoms with Gasteiger partial charge in [0, 0.05) is 31.3 Å². The number of nitrogens with one attached hydrogen (secondary N) is 2. The lowest BCUT2D eigenvalue weighted by Gasteiger charge is -2.40. The Morgan fingerprint density at radius 3 is 2.92 bits per heavy atom. The number of nitrogens with zero attached hydrogens (tertiary/aromatic N) is 2. The quantitative estimate of drug-likeness (QED) is 0.564. The van der Waals surface area contributed by atoms with Gasteiger partial charge in [0.05, 0.1) is 11.6 Å². The molecule has 130 valence electrons. The second-order valence-corrected chi connectivity index (χ2v) is 6.90. The molecule has 3 N–H and O–H groups in total. The van der Waals surface area contributed by atoms with E-state index >= 15 is 0 Å². The SMILES string of the molecule is Cn1cc([C@H]2c3ccc(C(=O)NO)cc3CCC23CCNC3=O)cn1. The Hall–Kier alpha value is -2.67. The first-order chi connectivity index (χ1) is 12.0. The van der Waals surface area contributed by atoms with Gasteiger partial charge >= 0.3 is 0 Å². The van der Waals surface area contributed by atoms with Gasteiger partial charge in [-0.3, -0.25) is 19.5 Å². The van der Waals surface area contributed by atoms with E-state index in [2.05, 4.69) is 10.4 Å². The van der Waals surface area contributed by atoms with E-state index in [0.29, 0.717) is 12.1 Å². The smallest absolute Gasteiger partial charge is 0.274 e. The van der Waals surface area contributed by atoms with Crippen LogP contribution in [0.4, 0.5) is 0 Å². The molecule has 0 bridgehead atoms. The molecule has 2 heterocycles. The van der Waals surface area contributed by atoms with Gasteiger partial charge in [-0.15, -0.1) is 0 Å². The minimum absolute atomic E-state index is 0.0845. The fraction of sp³-hybridized carbons (Fsp3) is 0.389. The number of fused-ring (bicyclic) bond motifs is 1. The number of rotatable bonds is 2. The van der Waals surface area contributed by atoms with Gasteiger partial charge in [0.1, 0.15) is 0 Å². The van der Waals surface area contributed by atoms with E-state index < -0.39 is 11.3 Å². The van der Waals surface area contributed by atoms with Crippen LogP contribution in [0.15, 0.2) is 30.6 Å². The highest BCUT2D eigenvalue weighted by atomic mass is 16.5. The van der Waals surface area contributed by atoms with Crippen molar-refractivity contribution in [3.8, 4) is 0 Å². The Bertz CT molecular complexity index is 860. The van der Waals surface area contributed by atoms with Gasteiger partial charge in [-0.05, 0) is 48.1 Å². The van der Waals surface area contributed by atoms with E-state index in [-0.39, 0.29) is 11.8 Å². The highest BCUT2D eigenvalue weighted by Gasteiger charge is 2.52. The molecule has 2 amide bonds. The maximum atomic E-state index is 12.7. The first-order valence-corrected chi connectivity index (χ1v) is 8.39. The average Bonchev–Trinajstić information content (AvgIpc) is 3.20. The molecule has 1 aliphatic carbocycles. The summed E-state index contributed by atoms with van der Waals surface area (Å²) >= 11 is 0. The van der Waals surface area contributed by atoms with Gasteiger partial charge in [-0.1, -0.05) is 6.07 Å². The van der Waals surface area contributed by atoms with Crippen LogP contribution >= 0.6 is 0 Å². The summed E-state index contributed by atoms with van der Waals surface area (Å²) < 4.78 is 1.75. The van der Waals surface area contributed by atoms with E-state index in [1.165, 1.54) is 0 Å². The third-order valence-electron chi connectivity index (χ3n) is 5.58. The van der Waals surface area contributed by atoms with Crippen molar-refractivity contribution >= 4 is 11.8 Å². The molecule has 1 spiro atoms. The molecule has 2 aliphatic rings. The summed E-state index contributed by atoms with van der Waals surface area (Å²) in [6.45, 7) is 0.690. The average molecular weight is 340 g/mol. The third kappa shape index (κ3) is 2.34. The highest BCUT2D eigenvalue weighted by Crippen LogP contribution is 2.53. The van der Waals surface area contributed by atoms with Crippen LogP contribution in [0.1, 0.15) is 45.8 Å². The van der Waals surface area contributed by atoms with Crippen LogP contribution in [0.25, 0.3) is 0 Å². The van der Waals surface area contributed by atoms with Crippen LogP contribution in [0.3, 0.4) is 0 Å². The van der Waals surface area contributed by atoms with Crippen molar-refractivity contribution in [3.05, 3.63) is 52.8 Å². The lowest BCUT2D eigenvalue weighted by molar-refractivity contribution is -0.129. The van der Waals surface area contributed by atoms with E-state index in [1.54, 1.807) is 16.2 Å². The Morgan fingerprint density at radius 1 is 1.44 bits per heavy atom. The number of carbonyl (C=O) groups is 2. The zero-order valence-electron chi connectivity index (χ0n) is 14.0. The van der Waals surface area contributed by atoms with Crippen LogP contribution in [-0.4, -0.2) is 33.3 Å². The predicted octanol–water partition coefficient (Wildman–Crippen LogP) is 1.12. The molecule has 4 rings (SSSR count). The molecule has 1 aromatic heterocycles. The number of hydrogen-bond acceptors (Lipinski definition) is 4. The summed E-state index contributed by atoms with van der Waals surface area (Å²) in [4.78, 5) is 24.5. The van der Waals surface area contributed by atoms with Gasteiger partial charge in [-0.2, -0.15) is 5.10 Å². The maximum Gasteiger partial charge on any atom is 0.274 e. The first-order valence-electron chi connectivity index (χ1n) is 8.39. The van der Waals surface area contributed by atoms with Crippen molar-refractivity contribution < 1.29 is 14.8 Å². The zero-order chi connectivity index (χ0) is 17.6. The van der Waals surface area contributed by atoms with E-state index in [1.807, 2.05) is 31.6 Å². The summed E-state index contributed by atoms with van der Waals surface area (Å²) in [7, 11) is 1.86. The summed E-state index contributed by atoms with van der Waals surface area (Å²) in [5.74, 6) is -0.512. The Kier molecular flexibility index (Phi) is 3.61. The van der Waals surface area contributed by atoms with Crippen LogP contribution in [0.2, 0.25) is 0 Å². The third-order valence-corrected chi connectivity index (χ3v) is 5.58. The molecule has 7 heteroatoms. The van der Waals surface area contributed by atoms with Gasteiger partial charge in [0.2, 0.25) is 5.91 Å². The van der Waals surface area contributed by atoms with Crippen LogP contribution in [0, 0.1) is 5.41 Å². The molecular formula is C18H20N4O3. The second kappa shape index (κ2) is 5.70. The lowest BCUT2D eigenvalue weighted by atomic mass is 9.61. The summed E-state index contributed by atoms with van der Waals surface area (Å²) in [6.07, 6.45) is 6.04. The minimum Gasteiger partial charge on any atom is -0.356 e. The second-order valence-electron chi connectivity index (χ2n) is 6.90. The van der Waals surface area contributed by atoms with E-state index in [0.717, 1.165) is 36.0 Å². The molecule has 1 aliphatic heterocycles. The molecule has 2 atom stereocenters. The number of carbonyl (C=O) groups excluding carboxylic acids is 2. The molecule has 1 fully saturated rings. The van der Waals surface area contributed by atoms with Crippen molar-refractivity contribution in [2.45, 2.75) is 25.2 Å². The maximum absolute atomic E-state index is 12.7. The van der Waals surface area contributed by atoms with Gasteiger partial charge in [0.15, 0.2) is 0 Å². The molecule has 2 aromatic rings. The highest BCUT2D eigenvalue weighted by molar-refractivity contribution is 5.94. The number of benzene rings is 1. The van der Waals surface area contributed by atoms with Crippen molar-refractivity contribution in [1.82, 2.24) is 20.6 Å². The van der Waals surface area contributed by atoms with Gasteiger partial charge in [-0.25, -0.2) is 5.48 Å². The topological polar surface area (TPSA) is 96.3 Å². The molecule has 1 aromatic carbocycles. The number of aromatic nitrogens is 2. The summed E-state index contributed by atoms with van der Waals surface area (Å²) in [5.41, 5.74) is 4.74. The number of hydrogen-bond donors (Lipinski definition) is 3. The monoisotopic (exact) mass is 340 g/mol. The van der Waals surface area contributed by atoms with Gasteiger partial charge in [0.25, 0.3) is 5.91 Å². The minimum atomic E-state index is -0.528. The zero-order valence-corrected chi connectivity index (χ0v) is 14.0. The van der Waals surface area contributed by atoms with Crippen LogP contribution in [0.5, 0.6) is 0 Å². The molecule has 25 heavy (non-hydrogen) atoms. The number of amides is 2. The van der Waals surface area contributed by atoms with Crippen molar-refractivity contribution in [2.24, 2.45) is 12.5 Å². The van der Waals surface area contributed by atoms with Crippen molar-refractivity contribution in [1.29, 1.82) is 0 Å². The first kappa shape index (κ1) is 15.8. The Labute approximate surface area is 145 Å². The molecule has 0 saturated carbocycles.